The lowest BCUT2D eigenvalue weighted by Crippen LogP contribution is -2.50. The van der Waals surface area contributed by atoms with E-state index in [1.165, 1.54) is 18.4 Å². The van der Waals surface area contributed by atoms with Crippen LogP contribution < -0.4 is 4.90 Å². The smallest absolute Gasteiger partial charge is 0.351 e. The molecule has 5 nitrogen and oxygen atoms in total. The van der Waals surface area contributed by atoms with Gasteiger partial charge in [-0.15, -0.1) is 0 Å². The van der Waals surface area contributed by atoms with Gasteiger partial charge in [-0.05, 0) is 14.0 Å². The van der Waals surface area contributed by atoms with Crippen LogP contribution in [0.25, 0.3) is 0 Å². The number of esters is 1. The first-order valence-corrected chi connectivity index (χ1v) is 6.92. The van der Waals surface area contributed by atoms with Gasteiger partial charge in [0.2, 0.25) is 0 Å². The fourth-order valence-corrected chi connectivity index (χ4v) is 3.10. The van der Waals surface area contributed by atoms with Crippen LogP contribution in [0.15, 0.2) is 0 Å². The zero-order chi connectivity index (χ0) is 13.3. The van der Waals surface area contributed by atoms with Crippen molar-refractivity contribution >= 4 is 34.0 Å². The molecule has 100 valence electrons. The second-order valence-electron chi connectivity index (χ2n) is 4.38. The zero-order valence-corrected chi connectivity index (χ0v) is 12.2. The van der Waals surface area contributed by atoms with E-state index in [4.69, 9.17) is 11.6 Å². The molecule has 2 rings (SSSR count). The lowest BCUT2D eigenvalue weighted by Gasteiger charge is -2.37. The Hall–Kier alpha value is -0.850. The van der Waals surface area contributed by atoms with Crippen LogP contribution in [0.5, 0.6) is 0 Å². The summed E-state index contributed by atoms with van der Waals surface area (Å²) in [5, 5.41) is 1.02. The van der Waals surface area contributed by atoms with Gasteiger partial charge in [-0.25, -0.2) is 9.78 Å². The lowest BCUT2D eigenvalue weighted by molar-refractivity contribution is 0.0606. The summed E-state index contributed by atoms with van der Waals surface area (Å²) in [6.07, 6.45) is 0. The molecular formula is C11H16ClN3O2S. The molecule has 0 bridgehead atoms. The van der Waals surface area contributed by atoms with Crippen LogP contribution in [-0.4, -0.2) is 55.7 Å². The summed E-state index contributed by atoms with van der Waals surface area (Å²) in [5.41, 5.74) is 0. The largest absolute Gasteiger partial charge is 0.465 e. The van der Waals surface area contributed by atoms with Gasteiger partial charge in [0.05, 0.1) is 7.11 Å². The van der Waals surface area contributed by atoms with Gasteiger partial charge in [0.1, 0.15) is 0 Å². The fraction of sp³-hybridized carbons (Fsp3) is 0.636. The van der Waals surface area contributed by atoms with Crippen molar-refractivity contribution in [3.63, 3.8) is 0 Å². The Labute approximate surface area is 115 Å². The topological polar surface area (TPSA) is 45.7 Å². The molecule has 0 N–H and O–H groups in total. The third-order valence-corrected chi connectivity index (χ3v) is 4.66. The maximum absolute atomic E-state index is 11.5. The van der Waals surface area contributed by atoms with Crippen LogP contribution in [0.4, 0.5) is 5.13 Å². The number of hydrogen-bond acceptors (Lipinski definition) is 6. The average Bonchev–Trinajstić information content (AvgIpc) is 2.74. The van der Waals surface area contributed by atoms with Gasteiger partial charge in [0.15, 0.2) is 15.2 Å². The Bertz CT molecular complexity index is 451. The minimum atomic E-state index is -0.425. The molecule has 0 amide bonds. The van der Waals surface area contributed by atoms with Crippen molar-refractivity contribution in [1.82, 2.24) is 9.88 Å². The van der Waals surface area contributed by atoms with Crippen molar-refractivity contribution in [2.75, 3.05) is 38.7 Å². The number of rotatable bonds is 2. The fourth-order valence-electron chi connectivity index (χ4n) is 1.87. The summed E-state index contributed by atoms with van der Waals surface area (Å²) >= 11 is 7.26. The minimum Gasteiger partial charge on any atom is -0.465 e. The Morgan fingerprint density at radius 2 is 2.28 bits per heavy atom. The zero-order valence-electron chi connectivity index (χ0n) is 10.6. The number of carbonyl (C=O) groups is 1. The van der Waals surface area contributed by atoms with Crippen molar-refractivity contribution < 1.29 is 9.53 Å². The van der Waals surface area contributed by atoms with Crippen LogP contribution in [0, 0.1) is 0 Å². The Balaban J connectivity index is 2.17. The molecule has 0 spiro atoms. The van der Waals surface area contributed by atoms with E-state index < -0.39 is 5.97 Å². The standard InChI is InChI=1S/C11H16ClN3O2S/c1-7-6-15(5-4-14(7)2)11-13-9(12)8(18-11)10(16)17-3/h7H,4-6H2,1-3H3. The molecule has 1 aromatic rings. The summed E-state index contributed by atoms with van der Waals surface area (Å²) < 4.78 is 4.68. The molecular weight excluding hydrogens is 274 g/mol. The number of halogens is 1. The highest BCUT2D eigenvalue weighted by molar-refractivity contribution is 7.18. The number of likely N-dealkylation sites (N-methyl/N-ethyl adjacent to an activating group) is 1. The highest BCUT2D eigenvalue weighted by Crippen LogP contribution is 2.31. The summed E-state index contributed by atoms with van der Waals surface area (Å²) in [6, 6.07) is 0.461. The van der Waals surface area contributed by atoms with E-state index in [2.05, 4.69) is 33.5 Å². The first-order valence-electron chi connectivity index (χ1n) is 5.72. The van der Waals surface area contributed by atoms with Crippen molar-refractivity contribution in [1.29, 1.82) is 0 Å². The molecule has 0 aliphatic carbocycles. The number of hydrogen-bond donors (Lipinski definition) is 0. The predicted molar refractivity (Wildman–Crippen MR) is 72.8 cm³/mol. The average molecular weight is 290 g/mol. The Kier molecular flexibility index (Phi) is 4.09. The number of methoxy groups -OCH3 is 1. The number of aromatic nitrogens is 1. The first-order chi connectivity index (χ1) is 8.52. The molecule has 1 saturated heterocycles. The third-order valence-electron chi connectivity index (χ3n) is 3.18. The molecule has 1 aromatic heterocycles. The number of thiazole rings is 1. The number of nitrogens with zero attached hydrogens (tertiary/aromatic N) is 3. The van der Waals surface area contributed by atoms with E-state index in [1.807, 2.05) is 0 Å². The van der Waals surface area contributed by atoms with E-state index >= 15 is 0 Å². The van der Waals surface area contributed by atoms with Crippen molar-refractivity contribution in [3.8, 4) is 0 Å². The Morgan fingerprint density at radius 3 is 2.89 bits per heavy atom. The summed E-state index contributed by atoms with van der Waals surface area (Å²) in [4.78, 5) is 20.6. The van der Waals surface area contributed by atoms with E-state index in [-0.39, 0.29) is 5.15 Å². The maximum atomic E-state index is 11.5. The molecule has 1 atom stereocenters. The maximum Gasteiger partial charge on any atom is 0.351 e. The highest BCUT2D eigenvalue weighted by Gasteiger charge is 2.25. The van der Waals surface area contributed by atoms with E-state index in [0.29, 0.717) is 10.9 Å². The molecule has 1 unspecified atom stereocenters. The summed E-state index contributed by atoms with van der Waals surface area (Å²) in [5.74, 6) is -0.425. The van der Waals surface area contributed by atoms with Gasteiger partial charge in [-0.3, -0.25) is 0 Å². The molecule has 7 heteroatoms. The predicted octanol–water partition coefficient (Wildman–Crippen LogP) is 1.72. The van der Waals surface area contributed by atoms with Crippen LogP contribution >= 0.6 is 22.9 Å². The normalized spacial score (nSPS) is 21.1. The van der Waals surface area contributed by atoms with E-state index in [9.17, 15) is 4.79 Å². The third kappa shape index (κ3) is 2.60. The van der Waals surface area contributed by atoms with E-state index in [1.54, 1.807) is 0 Å². The lowest BCUT2D eigenvalue weighted by atomic mass is 10.2. The number of piperazine rings is 1. The van der Waals surface area contributed by atoms with Gasteiger partial charge in [0.25, 0.3) is 0 Å². The molecule has 0 radical (unpaired) electrons. The van der Waals surface area contributed by atoms with E-state index in [0.717, 1.165) is 24.8 Å². The van der Waals surface area contributed by atoms with Crippen molar-refractivity contribution in [2.24, 2.45) is 0 Å². The monoisotopic (exact) mass is 289 g/mol. The number of anilines is 1. The highest BCUT2D eigenvalue weighted by atomic mass is 35.5. The quantitative estimate of drug-likeness (QED) is 0.776. The van der Waals surface area contributed by atoms with Crippen molar-refractivity contribution in [2.45, 2.75) is 13.0 Å². The molecule has 18 heavy (non-hydrogen) atoms. The van der Waals surface area contributed by atoms with Crippen LogP contribution in [0.1, 0.15) is 16.6 Å². The second-order valence-corrected chi connectivity index (χ2v) is 5.72. The minimum absolute atomic E-state index is 0.230. The molecule has 0 aromatic carbocycles. The molecule has 2 heterocycles. The molecule has 1 aliphatic rings. The van der Waals surface area contributed by atoms with Gasteiger partial charge in [0, 0.05) is 25.7 Å². The van der Waals surface area contributed by atoms with Gasteiger partial charge >= 0.3 is 5.97 Å². The SMILES string of the molecule is COC(=O)c1sc(N2CCN(C)C(C)C2)nc1Cl. The summed E-state index contributed by atoms with van der Waals surface area (Å²) in [7, 11) is 3.45. The van der Waals surface area contributed by atoms with Crippen LogP contribution in [-0.2, 0) is 4.74 Å². The van der Waals surface area contributed by atoms with Crippen molar-refractivity contribution in [3.05, 3.63) is 10.0 Å². The van der Waals surface area contributed by atoms with Gasteiger partial charge in [-0.2, -0.15) is 0 Å². The van der Waals surface area contributed by atoms with Crippen LogP contribution in [0.3, 0.4) is 0 Å². The number of ether oxygens (including phenoxy) is 1. The Morgan fingerprint density at radius 1 is 1.56 bits per heavy atom. The number of carbonyl (C=O) groups excluding carboxylic acids is 1. The molecule has 1 fully saturated rings. The molecule has 1 aliphatic heterocycles. The van der Waals surface area contributed by atoms with Crippen LogP contribution in [0.2, 0.25) is 5.15 Å². The van der Waals surface area contributed by atoms with Gasteiger partial charge < -0.3 is 14.5 Å². The van der Waals surface area contributed by atoms with Gasteiger partial charge in [-0.1, -0.05) is 22.9 Å². The molecule has 0 saturated carbocycles. The summed E-state index contributed by atoms with van der Waals surface area (Å²) in [6.45, 7) is 4.93. The second kappa shape index (κ2) is 5.42. The first kappa shape index (κ1) is 13.6.